The monoisotopic (exact) mass is 377 g/mol. The second kappa shape index (κ2) is 7.97. The zero-order valence-electron chi connectivity index (χ0n) is 15.1. The third kappa shape index (κ3) is 3.60. The van der Waals surface area contributed by atoms with Gasteiger partial charge in [0.05, 0.1) is 5.41 Å². The van der Waals surface area contributed by atoms with E-state index in [-0.39, 0.29) is 29.6 Å². The van der Waals surface area contributed by atoms with Crippen LogP contribution in [0.5, 0.6) is 0 Å². The van der Waals surface area contributed by atoms with E-state index in [0.717, 1.165) is 56.6 Å². The predicted octanol–water partition coefficient (Wildman–Crippen LogP) is 2.95. The van der Waals surface area contributed by atoms with Crippen molar-refractivity contribution < 1.29 is 9.59 Å². The summed E-state index contributed by atoms with van der Waals surface area (Å²) in [6.45, 7) is 3.30. The van der Waals surface area contributed by atoms with Crippen LogP contribution in [0, 0.1) is 11.3 Å². The molecule has 0 radical (unpaired) electrons. The maximum absolute atomic E-state index is 13.0. The van der Waals surface area contributed by atoms with Crippen molar-refractivity contribution in [1.82, 2.24) is 10.2 Å². The van der Waals surface area contributed by atoms with Crippen LogP contribution in [0.25, 0.3) is 0 Å². The molecule has 2 saturated heterocycles. The first kappa shape index (κ1) is 19.2. The molecule has 6 heteroatoms. The Hall–Kier alpha value is -1.59. The van der Waals surface area contributed by atoms with Gasteiger partial charge in [0.1, 0.15) is 0 Å². The van der Waals surface area contributed by atoms with Crippen molar-refractivity contribution in [3.05, 3.63) is 29.8 Å². The number of carbonyl (C=O) groups is 2. The van der Waals surface area contributed by atoms with Gasteiger partial charge in [-0.15, -0.1) is 12.4 Å². The highest BCUT2D eigenvalue weighted by molar-refractivity contribution is 5.96. The van der Waals surface area contributed by atoms with Crippen molar-refractivity contribution >= 4 is 29.9 Å². The Kier molecular flexibility index (Phi) is 5.88. The van der Waals surface area contributed by atoms with Gasteiger partial charge in [0.15, 0.2) is 0 Å². The molecule has 2 amide bonds. The van der Waals surface area contributed by atoms with Gasteiger partial charge in [0.25, 0.3) is 0 Å². The van der Waals surface area contributed by atoms with Gasteiger partial charge in [-0.2, -0.15) is 0 Å². The van der Waals surface area contributed by atoms with Crippen molar-refractivity contribution in [1.29, 1.82) is 0 Å². The van der Waals surface area contributed by atoms with Gasteiger partial charge in [-0.1, -0.05) is 25.0 Å². The van der Waals surface area contributed by atoms with E-state index in [1.807, 2.05) is 29.2 Å². The number of carbonyl (C=O) groups excluding carboxylic acids is 2. The largest absolute Gasteiger partial charge is 0.338 e. The van der Waals surface area contributed by atoms with Gasteiger partial charge in [-0.25, -0.2) is 0 Å². The molecule has 26 heavy (non-hydrogen) atoms. The van der Waals surface area contributed by atoms with Crippen molar-refractivity contribution in [2.24, 2.45) is 11.3 Å². The van der Waals surface area contributed by atoms with Crippen LogP contribution in [0.4, 0.5) is 5.69 Å². The lowest BCUT2D eigenvalue weighted by molar-refractivity contribution is -0.129. The number of halogens is 1. The lowest BCUT2D eigenvalue weighted by Crippen LogP contribution is -2.44. The Morgan fingerprint density at radius 3 is 2.77 bits per heavy atom. The molecule has 1 aromatic rings. The van der Waals surface area contributed by atoms with Crippen molar-refractivity contribution in [3.63, 3.8) is 0 Å². The molecule has 4 rings (SSSR count). The molecule has 0 bridgehead atoms. The van der Waals surface area contributed by atoms with E-state index in [9.17, 15) is 9.59 Å². The fraction of sp³-hybridized carbons (Fsp3) is 0.600. The molecule has 1 aliphatic carbocycles. The summed E-state index contributed by atoms with van der Waals surface area (Å²) >= 11 is 0. The molecule has 3 aliphatic rings. The van der Waals surface area contributed by atoms with Crippen LogP contribution in [0.1, 0.15) is 44.1 Å². The first-order chi connectivity index (χ1) is 12.2. The standard InChI is InChI=1S/C20H27N3O2.ClH/c24-18-5-3-11-23(18)13-15-6-8-17(9-7-15)22-19(25)20-10-2-1-4-16(20)12-21-14-20;/h6-9,16,21H,1-5,10-14H2,(H,22,25);1H/t16-,20+;/m0./s1. The summed E-state index contributed by atoms with van der Waals surface area (Å²) in [6, 6.07) is 7.96. The van der Waals surface area contributed by atoms with Crippen LogP contribution in [0.2, 0.25) is 0 Å². The number of benzene rings is 1. The number of nitrogens with zero attached hydrogens (tertiary/aromatic N) is 1. The molecule has 0 unspecified atom stereocenters. The summed E-state index contributed by atoms with van der Waals surface area (Å²) in [6.07, 6.45) is 6.17. The van der Waals surface area contributed by atoms with E-state index in [4.69, 9.17) is 0 Å². The summed E-state index contributed by atoms with van der Waals surface area (Å²) in [5.41, 5.74) is 1.75. The molecule has 3 fully saturated rings. The van der Waals surface area contributed by atoms with E-state index >= 15 is 0 Å². The lowest BCUT2D eigenvalue weighted by Gasteiger charge is -2.37. The first-order valence-corrected chi connectivity index (χ1v) is 9.56. The van der Waals surface area contributed by atoms with Crippen molar-refractivity contribution in [2.75, 3.05) is 25.0 Å². The summed E-state index contributed by atoms with van der Waals surface area (Å²) in [5.74, 6) is 0.889. The molecule has 2 N–H and O–H groups in total. The molecule has 1 aromatic carbocycles. The van der Waals surface area contributed by atoms with E-state index in [1.54, 1.807) is 0 Å². The third-order valence-corrected chi connectivity index (χ3v) is 6.25. The predicted molar refractivity (Wildman–Crippen MR) is 104 cm³/mol. The molecule has 142 valence electrons. The number of fused-ring (bicyclic) bond motifs is 1. The molecule has 0 spiro atoms. The second-order valence-corrected chi connectivity index (χ2v) is 7.80. The normalized spacial score (nSPS) is 27.8. The zero-order valence-corrected chi connectivity index (χ0v) is 15.9. The van der Waals surface area contributed by atoms with Crippen LogP contribution in [0.3, 0.4) is 0 Å². The fourth-order valence-corrected chi connectivity index (χ4v) is 4.73. The topological polar surface area (TPSA) is 61.4 Å². The fourth-order valence-electron chi connectivity index (χ4n) is 4.73. The molecular weight excluding hydrogens is 350 g/mol. The lowest BCUT2D eigenvalue weighted by atomic mass is 9.67. The Bertz CT molecular complexity index is 664. The molecule has 0 aromatic heterocycles. The smallest absolute Gasteiger partial charge is 0.232 e. The van der Waals surface area contributed by atoms with E-state index in [0.29, 0.717) is 18.9 Å². The maximum atomic E-state index is 13.0. The number of hydrogen-bond acceptors (Lipinski definition) is 3. The second-order valence-electron chi connectivity index (χ2n) is 7.80. The number of anilines is 1. The quantitative estimate of drug-likeness (QED) is 0.848. The molecule has 2 aliphatic heterocycles. The van der Waals surface area contributed by atoms with Crippen LogP contribution in [0.15, 0.2) is 24.3 Å². The van der Waals surface area contributed by atoms with Gasteiger partial charge in [0, 0.05) is 31.7 Å². The van der Waals surface area contributed by atoms with Gasteiger partial charge < -0.3 is 15.5 Å². The van der Waals surface area contributed by atoms with Crippen LogP contribution < -0.4 is 10.6 Å². The molecule has 5 nitrogen and oxygen atoms in total. The van der Waals surface area contributed by atoms with Crippen LogP contribution in [-0.4, -0.2) is 36.3 Å². The Labute approximate surface area is 161 Å². The zero-order chi connectivity index (χ0) is 17.3. The number of rotatable bonds is 4. The van der Waals surface area contributed by atoms with Gasteiger partial charge in [-0.05, 0) is 49.4 Å². The first-order valence-electron chi connectivity index (χ1n) is 9.56. The van der Waals surface area contributed by atoms with Crippen LogP contribution in [-0.2, 0) is 16.1 Å². The van der Waals surface area contributed by atoms with E-state index in [1.165, 1.54) is 6.42 Å². The molecule has 1 saturated carbocycles. The summed E-state index contributed by atoms with van der Waals surface area (Å²) in [5, 5.41) is 6.57. The summed E-state index contributed by atoms with van der Waals surface area (Å²) in [4.78, 5) is 26.6. The molecule has 2 atom stereocenters. The summed E-state index contributed by atoms with van der Waals surface area (Å²) < 4.78 is 0. The third-order valence-electron chi connectivity index (χ3n) is 6.25. The Balaban J connectivity index is 0.00000196. The molecular formula is C20H28ClN3O2. The Morgan fingerprint density at radius 2 is 2.04 bits per heavy atom. The minimum Gasteiger partial charge on any atom is -0.338 e. The highest BCUT2D eigenvalue weighted by Crippen LogP contribution is 2.44. The minimum absolute atomic E-state index is 0. The van der Waals surface area contributed by atoms with Gasteiger partial charge >= 0.3 is 0 Å². The number of amides is 2. The van der Waals surface area contributed by atoms with Gasteiger partial charge in [0.2, 0.25) is 11.8 Å². The Morgan fingerprint density at radius 1 is 1.23 bits per heavy atom. The van der Waals surface area contributed by atoms with E-state index < -0.39 is 0 Å². The number of likely N-dealkylation sites (tertiary alicyclic amines) is 1. The van der Waals surface area contributed by atoms with Crippen molar-refractivity contribution in [3.8, 4) is 0 Å². The average molecular weight is 378 g/mol. The SMILES string of the molecule is Cl.O=C1CCCN1Cc1ccc(NC(=O)[C@@]23CCCC[C@H]2CNC3)cc1. The van der Waals surface area contributed by atoms with Crippen LogP contribution >= 0.6 is 12.4 Å². The minimum atomic E-state index is -0.223. The van der Waals surface area contributed by atoms with E-state index in [2.05, 4.69) is 10.6 Å². The summed E-state index contributed by atoms with van der Waals surface area (Å²) in [7, 11) is 0. The number of nitrogens with one attached hydrogen (secondary N) is 2. The maximum Gasteiger partial charge on any atom is 0.232 e. The average Bonchev–Trinajstić information content (AvgIpc) is 3.24. The number of hydrogen-bond donors (Lipinski definition) is 2. The van der Waals surface area contributed by atoms with Crippen molar-refractivity contribution in [2.45, 2.75) is 45.1 Å². The molecule has 2 heterocycles. The highest BCUT2D eigenvalue weighted by Gasteiger charge is 2.49. The van der Waals surface area contributed by atoms with Gasteiger partial charge in [-0.3, -0.25) is 9.59 Å². The highest BCUT2D eigenvalue weighted by atomic mass is 35.5.